The molecule has 2 nitrogen and oxygen atoms in total. The second kappa shape index (κ2) is 5.38. The Labute approximate surface area is 105 Å². The van der Waals surface area contributed by atoms with Crippen LogP contribution in [0.1, 0.15) is 29.1 Å². The normalized spacial score (nSPS) is 12.6. The van der Waals surface area contributed by atoms with Crippen LogP contribution in [-0.2, 0) is 6.42 Å². The molecule has 1 aromatic heterocycles. The SMILES string of the molecule is CNC(C)c1ccc(F)cc1Cc1nccs1. The Hall–Kier alpha value is -1.26. The highest BCUT2D eigenvalue weighted by atomic mass is 32.1. The molecule has 90 valence electrons. The summed E-state index contributed by atoms with van der Waals surface area (Å²) in [6.45, 7) is 2.07. The van der Waals surface area contributed by atoms with E-state index in [1.165, 1.54) is 6.07 Å². The van der Waals surface area contributed by atoms with E-state index in [-0.39, 0.29) is 11.9 Å². The van der Waals surface area contributed by atoms with Gasteiger partial charge in [0.05, 0.1) is 5.01 Å². The zero-order chi connectivity index (χ0) is 12.3. The van der Waals surface area contributed by atoms with Crippen LogP contribution in [0.25, 0.3) is 0 Å². The molecule has 0 saturated carbocycles. The van der Waals surface area contributed by atoms with Crippen molar-refractivity contribution in [2.24, 2.45) is 0 Å². The first-order valence-corrected chi connectivity index (χ1v) is 6.42. The average molecular weight is 250 g/mol. The molecule has 1 aromatic carbocycles. The Morgan fingerprint density at radius 2 is 2.29 bits per heavy atom. The largest absolute Gasteiger partial charge is 0.313 e. The monoisotopic (exact) mass is 250 g/mol. The fraction of sp³-hybridized carbons (Fsp3) is 0.308. The van der Waals surface area contributed by atoms with E-state index < -0.39 is 0 Å². The summed E-state index contributed by atoms with van der Waals surface area (Å²) in [4.78, 5) is 4.24. The van der Waals surface area contributed by atoms with Crippen LogP contribution in [0.3, 0.4) is 0 Å². The molecule has 1 unspecified atom stereocenters. The molecule has 0 spiro atoms. The van der Waals surface area contributed by atoms with Crippen LogP contribution in [-0.4, -0.2) is 12.0 Å². The van der Waals surface area contributed by atoms with E-state index >= 15 is 0 Å². The van der Waals surface area contributed by atoms with Gasteiger partial charge in [0.2, 0.25) is 0 Å². The number of hydrogen-bond acceptors (Lipinski definition) is 3. The van der Waals surface area contributed by atoms with Gasteiger partial charge in [0.15, 0.2) is 0 Å². The number of rotatable bonds is 4. The van der Waals surface area contributed by atoms with Gasteiger partial charge in [0.1, 0.15) is 5.82 Å². The summed E-state index contributed by atoms with van der Waals surface area (Å²) in [6, 6.07) is 5.17. The first-order valence-electron chi connectivity index (χ1n) is 5.54. The van der Waals surface area contributed by atoms with Crippen LogP contribution < -0.4 is 5.32 Å². The topological polar surface area (TPSA) is 24.9 Å². The second-order valence-corrected chi connectivity index (χ2v) is 4.94. The van der Waals surface area contributed by atoms with Crippen molar-refractivity contribution in [3.05, 3.63) is 51.7 Å². The number of benzene rings is 1. The molecular weight excluding hydrogens is 235 g/mol. The molecular formula is C13H15FN2S. The fourth-order valence-electron chi connectivity index (χ4n) is 1.81. The van der Waals surface area contributed by atoms with E-state index in [0.717, 1.165) is 16.1 Å². The quantitative estimate of drug-likeness (QED) is 0.901. The average Bonchev–Trinajstić information content (AvgIpc) is 2.81. The minimum Gasteiger partial charge on any atom is -0.313 e. The summed E-state index contributed by atoms with van der Waals surface area (Å²) in [5, 5.41) is 6.14. The van der Waals surface area contributed by atoms with Gasteiger partial charge >= 0.3 is 0 Å². The molecule has 1 atom stereocenters. The van der Waals surface area contributed by atoms with Crippen LogP contribution in [0.4, 0.5) is 4.39 Å². The molecule has 0 amide bonds. The molecule has 0 aliphatic carbocycles. The molecule has 4 heteroatoms. The summed E-state index contributed by atoms with van der Waals surface area (Å²) < 4.78 is 13.3. The first-order chi connectivity index (χ1) is 8.20. The van der Waals surface area contributed by atoms with Gasteiger partial charge in [0, 0.05) is 24.0 Å². The third-order valence-corrected chi connectivity index (χ3v) is 3.61. The molecule has 0 aliphatic rings. The molecule has 1 heterocycles. The van der Waals surface area contributed by atoms with Crippen molar-refractivity contribution in [3.8, 4) is 0 Å². The van der Waals surface area contributed by atoms with Crippen LogP contribution in [0.15, 0.2) is 29.8 Å². The van der Waals surface area contributed by atoms with Crippen molar-refractivity contribution in [2.45, 2.75) is 19.4 Å². The predicted octanol–water partition coefficient (Wildman–Crippen LogP) is 3.15. The maximum Gasteiger partial charge on any atom is 0.123 e. The van der Waals surface area contributed by atoms with Crippen molar-refractivity contribution in [2.75, 3.05) is 7.05 Å². The summed E-state index contributed by atoms with van der Waals surface area (Å²) in [6.07, 6.45) is 2.47. The van der Waals surface area contributed by atoms with Gasteiger partial charge in [-0.3, -0.25) is 0 Å². The highest BCUT2D eigenvalue weighted by Crippen LogP contribution is 2.22. The van der Waals surface area contributed by atoms with Gasteiger partial charge in [-0.1, -0.05) is 6.07 Å². The van der Waals surface area contributed by atoms with Crippen LogP contribution in [0.2, 0.25) is 0 Å². The lowest BCUT2D eigenvalue weighted by Gasteiger charge is -2.15. The summed E-state index contributed by atoms with van der Waals surface area (Å²) in [5.74, 6) is -0.191. The third kappa shape index (κ3) is 2.90. The van der Waals surface area contributed by atoms with E-state index in [9.17, 15) is 4.39 Å². The Kier molecular flexibility index (Phi) is 3.86. The Bertz CT molecular complexity index is 482. The van der Waals surface area contributed by atoms with Gasteiger partial charge in [-0.2, -0.15) is 0 Å². The van der Waals surface area contributed by atoms with Crippen molar-refractivity contribution in [3.63, 3.8) is 0 Å². The van der Waals surface area contributed by atoms with Crippen molar-refractivity contribution < 1.29 is 4.39 Å². The van der Waals surface area contributed by atoms with Crippen molar-refractivity contribution in [1.29, 1.82) is 0 Å². The number of nitrogens with zero attached hydrogens (tertiary/aromatic N) is 1. The maximum atomic E-state index is 13.3. The lowest BCUT2D eigenvalue weighted by Crippen LogP contribution is -2.14. The number of halogens is 1. The zero-order valence-corrected chi connectivity index (χ0v) is 10.7. The van der Waals surface area contributed by atoms with Gasteiger partial charge < -0.3 is 5.32 Å². The molecule has 0 radical (unpaired) electrons. The number of thiazole rings is 1. The van der Waals surface area contributed by atoms with Gasteiger partial charge in [-0.05, 0) is 37.2 Å². The maximum absolute atomic E-state index is 13.3. The molecule has 2 rings (SSSR count). The van der Waals surface area contributed by atoms with Gasteiger partial charge in [-0.15, -0.1) is 11.3 Å². The van der Waals surface area contributed by atoms with E-state index in [0.29, 0.717) is 6.42 Å². The Balaban J connectivity index is 2.33. The molecule has 0 fully saturated rings. The smallest absolute Gasteiger partial charge is 0.123 e. The standard InChI is InChI=1S/C13H15FN2S/c1-9(15-2)12-4-3-11(14)7-10(12)8-13-16-5-6-17-13/h3-7,9,15H,8H2,1-2H3. The zero-order valence-electron chi connectivity index (χ0n) is 9.90. The van der Waals surface area contributed by atoms with E-state index in [2.05, 4.69) is 17.2 Å². The molecule has 1 N–H and O–H groups in total. The Morgan fingerprint density at radius 3 is 2.94 bits per heavy atom. The highest BCUT2D eigenvalue weighted by molar-refractivity contribution is 7.09. The van der Waals surface area contributed by atoms with Gasteiger partial charge in [0.25, 0.3) is 0 Å². The number of aromatic nitrogens is 1. The van der Waals surface area contributed by atoms with Crippen LogP contribution >= 0.6 is 11.3 Å². The predicted molar refractivity (Wildman–Crippen MR) is 68.8 cm³/mol. The second-order valence-electron chi connectivity index (χ2n) is 3.96. The van der Waals surface area contributed by atoms with Crippen LogP contribution in [0.5, 0.6) is 0 Å². The number of nitrogens with one attached hydrogen (secondary N) is 1. The summed E-state index contributed by atoms with van der Waals surface area (Å²) in [7, 11) is 1.90. The summed E-state index contributed by atoms with van der Waals surface area (Å²) >= 11 is 1.60. The molecule has 0 bridgehead atoms. The fourth-order valence-corrected chi connectivity index (χ4v) is 2.45. The minimum absolute atomic E-state index is 0.191. The lowest BCUT2D eigenvalue weighted by molar-refractivity contribution is 0.613. The van der Waals surface area contributed by atoms with Crippen molar-refractivity contribution >= 4 is 11.3 Å². The molecule has 17 heavy (non-hydrogen) atoms. The minimum atomic E-state index is -0.191. The van der Waals surface area contributed by atoms with E-state index in [1.807, 2.05) is 18.5 Å². The number of hydrogen-bond donors (Lipinski definition) is 1. The Morgan fingerprint density at radius 1 is 1.47 bits per heavy atom. The van der Waals surface area contributed by atoms with Crippen LogP contribution in [0, 0.1) is 5.82 Å². The molecule has 0 aliphatic heterocycles. The van der Waals surface area contributed by atoms with E-state index in [1.54, 1.807) is 23.6 Å². The molecule has 2 aromatic rings. The van der Waals surface area contributed by atoms with E-state index in [4.69, 9.17) is 0 Å². The summed E-state index contributed by atoms with van der Waals surface area (Å²) in [5.41, 5.74) is 2.13. The van der Waals surface area contributed by atoms with Gasteiger partial charge in [-0.25, -0.2) is 9.37 Å². The third-order valence-electron chi connectivity index (χ3n) is 2.83. The molecule has 0 saturated heterocycles. The van der Waals surface area contributed by atoms with Crippen molar-refractivity contribution in [1.82, 2.24) is 10.3 Å². The first kappa shape index (κ1) is 12.2. The highest BCUT2D eigenvalue weighted by Gasteiger charge is 2.11. The lowest BCUT2D eigenvalue weighted by atomic mass is 9.99.